The van der Waals surface area contributed by atoms with Crippen molar-refractivity contribution >= 4 is 29.9 Å². The normalized spacial score (nSPS) is 13.8. The molecule has 0 amide bonds. The number of nitrogens with zero attached hydrogens (tertiary/aromatic N) is 1. The molecule has 0 aliphatic heterocycles. The van der Waals surface area contributed by atoms with Gasteiger partial charge in [-0.25, -0.2) is 0 Å². The van der Waals surface area contributed by atoms with Gasteiger partial charge in [-0.3, -0.25) is 4.99 Å². The van der Waals surface area contributed by atoms with E-state index in [0.29, 0.717) is 6.61 Å². The van der Waals surface area contributed by atoms with E-state index in [-0.39, 0.29) is 35.5 Å². The Morgan fingerprint density at radius 1 is 1.22 bits per heavy atom. The van der Waals surface area contributed by atoms with Gasteiger partial charge in [0.15, 0.2) is 5.96 Å². The van der Waals surface area contributed by atoms with E-state index in [2.05, 4.69) is 36.4 Å². The van der Waals surface area contributed by atoms with Crippen LogP contribution in [0.5, 0.6) is 0 Å². The van der Waals surface area contributed by atoms with Crippen molar-refractivity contribution in [2.75, 3.05) is 41.0 Å². The molecule has 2 N–H and O–H groups in total. The molecule has 0 aromatic rings. The van der Waals surface area contributed by atoms with E-state index >= 15 is 0 Å². The molecule has 0 aromatic heterocycles. The van der Waals surface area contributed by atoms with Gasteiger partial charge in [0, 0.05) is 34.4 Å². The van der Waals surface area contributed by atoms with Crippen LogP contribution in [0.25, 0.3) is 0 Å². The van der Waals surface area contributed by atoms with Crippen molar-refractivity contribution in [2.45, 2.75) is 26.9 Å². The van der Waals surface area contributed by atoms with Gasteiger partial charge in [-0.2, -0.15) is 0 Å². The lowest BCUT2D eigenvalue weighted by molar-refractivity contribution is 0.0205. The lowest BCUT2D eigenvalue weighted by Gasteiger charge is -2.30. The molecule has 0 radical (unpaired) electrons. The molecule has 1 atom stereocenters. The lowest BCUT2D eigenvalue weighted by atomic mass is 9.89. The fourth-order valence-electron chi connectivity index (χ4n) is 1.42. The number of hydrogen-bond donors (Lipinski definition) is 2. The van der Waals surface area contributed by atoms with Gasteiger partial charge < -0.3 is 20.1 Å². The van der Waals surface area contributed by atoms with E-state index in [1.54, 1.807) is 21.3 Å². The highest BCUT2D eigenvalue weighted by Gasteiger charge is 2.24. The van der Waals surface area contributed by atoms with Crippen molar-refractivity contribution in [1.29, 1.82) is 0 Å². The van der Waals surface area contributed by atoms with E-state index in [0.717, 1.165) is 19.0 Å². The summed E-state index contributed by atoms with van der Waals surface area (Å²) in [6.07, 6.45) is 0.142. The van der Waals surface area contributed by atoms with Crippen LogP contribution < -0.4 is 10.6 Å². The zero-order valence-corrected chi connectivity index (χ0v) is 14.7. The Labute approximate surface area is 128 Å². The standard InChI is InChI=1S/C12H27N3O2.HI/c1-12(2,3)10(17-6)9-15-11(13-4)14-7-8-16-5;/h10H,7-9H2,1-6H3,(H2,13,14,15);1H. The Balaban J connectivity index is 0. The smallest absolute Gasteiger partial charge is 0.191 e. The number of hydrogen-bond acceptors (Lipinski definition) is 3. The van der Waals surface area contributed by atoms with Crippen molar-refractivity contribution in [3.63, 3.8) is 0 Å². The number of aliphatic imine (C=N–C) groups is 1. The number of guanidine groups is 1. The molecule has 6 heteroatoms. The Morgan fingerprint density at radius 2 is 1.83 bits per heavy atom. The van der Waals surface area contributed by atoms with Crippen molar-refractivity contribution in [1.82, 2.24) is 10.6 Å². The van der Waals surface area contributed by atoms with E-state index in [1.165, 1.54) is 0 Å². The van der Waals surface area contributed by atoms with Crippen LogP contribution in [0.4, 0.5) is 0 Å². The second kappa shape index (κ2) is 10.8. The summed E-state index contributed by atoms with van der Waals surface area (Å²) in [6.45, 7) is 8.60. The number of ether oxygens (including phenoxy) is 2. The minimum atomic E-state index is 0. The van der Waals surface area contributed by atoms with E-state index in [9.17, 15) is 0 Å². The third-order valence-electron chi connectivity index (χ3n) is 2.53. The molecule has 0 saturated heterocycles. The van der Waals surface area contributed by atoms with E-state index in [4.69, 9.17) is 9.47 Å². The molecule has 0 saturated carbocycles. The Hall–Kier alpha value is -0.0800. The molecule has 0 spiro atoms. The zero-order chi connectivity index (χ0) is 13.3. The maximum atomic E-state index is 5.47. The summed E-state index contributed by atoms with van der Waals surface area (Å²) in [5.41, 5.74) is 0.104. The van der Waals surface area contributed by atoms with Crippen LogP contribution >= 0.6 is 24.0 Å². The van der Waals surface area contributed by atoms with Crippen LogP contribution in [0.1, 0.15) is 20.8 Å². The first-order valence-electron chi connectivity index (χ1n) is 5.92. The van der Waals surface area contributed by atoms with Gasteiger partial charge in [0.2, 0.25) is 0 Å². The van der Waals surface area contributed by atoms with E-state index in [1.807, 2.05) is 0 Å². The topological polar surface area (TPSA) is 54.9 Å². The fraction of sp³-hybridized carbons (Fsp3) is 0.917. The Morgan fingerprint density at radius 3 is 2.22 bits per heavy atom. The summed E-state index contributed by atoms with van der Waals surface area (Å²) in [7, 11) is 5.16. The average molecular weight is 373 g/mol. The van der Waals surface area contributed by atoms with Gasteiger partial charge in [-0.1, -0.05) is 20.8 Å². The molecule has 0 rings (SSSR count). The predicted molar refractivity (Wildman–Crippen MR) is 86.9 cm³/mol. The van der Waals surface area contributed by atoms with Gasteiger partial charge >= 0.3 is 0 Å². The van der Waals surface area contributed by atoms with Gasteiger partial charge in [0.25, 0.3) is 0 Å². The first-order chi connectivity index (χ1) is 7.95. The van der Waals surface area contributed by atoms with Gasteiger partial charge in [0.05, 0.1) is 12.7 Å². The van der Waals surface area contributed by atoms with E-state index < -0.39 is 0 Å². The minimum Gasteiger partial charge on any atom is -0.383 e. The molecule has 0 bridgehead atoms. The quantitative estimate of drug-likeness (QED) is 0.321. The Bertz CT molecular complexity index is 230. The van der Waals surface area contributed by atoms with Gasteiger partial charge in [-0.05, 0) is 5.41 Å². The largest absolute Gasteiger partial charge is 0.383 e. The molecule has 0 aliphatic rings. The maximum absolute atomic E-state index is 5.47. The SMILES string of the molecule is CN=C(NCCOC)NCC(OC)C(C)(C)C.I. The molecular weight excluding hydrogens is 345 g/mol. The molecule has 110 valence electrons. The molecular formula is C12H28IN3O2. The summed E-state index contributed by atoms with van der Waals surface area (Å²) in [5.74, 6) is 0.772. The molecule has 0 aromatic carbocycles. The van der Waals surface area contributed by atoms with Crippen molar-refractivity contribution in [3.8, 4) is 0 Å². The first kappa shape index (κ1) is 20.2. The highest BCUT2D eigenvalue weighted by molar-refractivity contribution is 14.0. The van der Waals surface area contributed by atoms with Crippen LogP contribution in [0.2, 0.25) is 0 Å². The average Bonchev–Trinajstić information content (AvgIpc) is 2.26. The van der Waals surface area contributed by atoms with Crippen LogP contribution in [0, 0.1) is 5.41 Å². The molecule has 0 aliphatic carbocycles. The molecule has 18 heavy (non-hydrogen) atoms. The number of rotatable bonds is 6. The lowest BCUT2D eigenvalue weighted by Crippen LogP contribution is -2.45. The van der Waals surface area contributed by atoms with Gasteiger partial charge in [0.1, 0.15) is 0 Å². The number of halogens is 1. The molecule has 5 nitrogen and oxygen atoms in total. The minimum absolute atomic E-state index is 0. The highest BCUT2D eigenvalue weighted by atomic mass is 127. The molecule has 1 unspecified atom stereocenters. The summed E-state index contributed by atoms with van der Waals surface area (Å²) in [6, 6.07) is 0. The molecule has 0 heterocycles. The van der Waals surface area contributed by atoms with Crippen LogP contribution in [0.15, 0.2) is 4.99 Å². The number of methoxy groups -OCH3 is 2. The van der Waals surface area contributed by atoms with Crippen LogP contribution in [0.3, 0.4) is 0 Å². The maximum Gasteiger partial charge on any atom is 0.191 e. The summed E-state index contributed by atoms with van der Waals surface area (Å²) >= 11 is 0. The van der Waals surface area contributed by atoms with Crippen molar-refractivity contribution in [3.05, 3.63) is 0 Å². The summed E-state index contributed by atoms with van der Waals surface area (Å²) in [5, 5.41) is 6.40. The fourth-order valence-corrected chi connectivity index (χ4v) is 1.42. The van der Waals surface area contributed by atoms with Crippen LogP contribution in [-0.2, 0) is 9.47 Å². The van der Waals surface area contributed by atoms with Crippen LogP contribution in [-0.4, -0.2) is 53.0 Å². The Kier molecular flexibility index (Phi) is 12.2. The monoisotopic (exact) mass is 373 g/mol. The van der Waals surface area contributed by atoms with Crippen molar-refractivity contribution in [2.24, 2.45) is 10.4 Å². The zero-order valence-electron chi connectivity index (χ0n) is 12.4. The third kappa shape index (κ3) is 8.93. The number of nitrogens with one attached hydrogen (secondary N) is 2. The first-order valence-corrected chi connectivity index (χ1v) is 5.92. The summed E-state index contributed by atoms with van der Waals surface area (Å²) < 4.78 is 10.4. The van der Waals surface area contributed by atoms with Crippen molar-refractivity contribution < 1.29 is 9.47 Å². The molecule has 0 fully saturated rings. The van der Waals surface area contributed by atoms with Gasteiger partial charge in [-0.15, -0.1) is 24.0 Å². The second-order valence-corrected chi connectivity index (χ2v) is 4.96. The summed E-state index contributed by atoms with van der Waals surface area (Å²) in [4.78, 5) is 4.13. The highest BCUT2D eigenvalue weighted by Crippen LogP contribution is 2.20. The predicted octanol–water partition coefficient (Wildman–Crippen LogP) is 1.48. The third-order valence-corrected chi connectivity index (χ3v) is 2.53. The second-order valence-electron chi connectivity index (χ2n) is 4.96.